The van der Waals surface area contributed by atoms with Crippen LogP contribution in [0.2, 0.25) is 5.02 Å². The topological polar surface area (TPSA) is 26.3 Å². The van der Waals surface area contributed by atoms with Crippen molar-refractivity contribution in [3.8, 4) is 0 Å². The van der Waals surface area contributed by atoms with Gasteiger partial charge < -0.3 is 4.74 Å². The molecule has 1 aromatic rings. The molecule has 1 aliphatic rings. The van der Waals surface area contributed by atoms with E-state index in [0.29, 0.717) is 17.4 Å². The first-order valence-electron chi connectivity index (χ1n) is 6.88. The van der Waals surface area contributed by atoms with Gasteiger partial charge in [0.05, 0.1) is 0 Å². The molecule has 0 N–H and O–H groups in total. The van der Waals surface area contributed by atoms with Gasteiger partial charge in [-0.25, -0.2) is 0 Å². The largest absolute Gasteiger partial charge is 0.370 e. The molecule has 0 bridgehead atoms. The van der Waals surface area contributed by atoms with Crippen LogP contribution >= 0.6 is 11.6 Å². The summed E-state index contributed by atoms with van der Waals surface area (Å²) in [5.41, 5.74) is 0.391. The zero-order valence-electron chi connectivity index (χ0n) is 11.6. The van der Waals surface area contributed by atoms with Gasteiger partial charge in [0.15, 0.2) is 5.78 Å². The Morgan fingerprint density at radius 1 is 1.42 bits per heavy atom. The van der Waals surface area contributed by atoms with E-state index in [2.05, 4.69) is 6.92 Å². The van der Waals surface area contributed by atoms with Crippen LogP contribution in [0.15, 0.2) is 24.3 Å². The monoisotopic (exact) mass is 280 g/mol. The summed E-state index contributed by atoms with van der Waals surface area (Å²) < 4.78 is 5.61. The van der Waals surface area contributed by atoms with Gasteiger partial charge in [0, 0.05) is 18.6 Å². The second-order valence-corrected chi connectivity index (χ2v) is 6.05. The summed E-state index contributed by atoms with van der Waals surface area (Å²) in [7, 11) is 1.66. The fourth-order valence-corrected chi connectivity index (χ4v) is 3.03. The number of methoxy groups -OCH3 is 1. The third kappa shape index (κ3) is 3.37. The molecule has 1 fully saturated rings. The number of carbonyl (C=O) groups excluding carboxylic acids is 1. The standard InChI is InChI=1S/C16H21ClO2/c1-12-6-8-16(19-2,9-7-12)15(18)11-13-4-3-5-14(17)10-13/h3-5,10,12H,6-9,11H2,1-2H3. The highest BCUT2D eigenvalue weighted by Gasteiger charge is 2.40. The summed E-state index contributed by atoms with van der Waals surface area (Å²) in [6, 6.07) is 7.50. The quantitative estimate of drug-likeness (QED) is 0.832. The van der Waals surface area contributed by atoms with Crippen molar-refractivity contribution >= 4 is 17.4 Å². The number of rotatable bonds is 4. The van der Waals surface area contributed by atoms with Crippen LogP contribution in [0.25, 0.3) is 0 Å². The third-order valence-electron chi connectivity index (χ3n) is 4.23. The van der Waals surface area contributed by atoms with Gasteiger partial charge in [-0.3, -0.25) is 4.79 Å². The Bertz CT molecular complexity index is 448. The number of halogens is 1. The maximum Gasteiger partial charge on any atom is 0.168 e. The van der Waals surface area contributed by atoms with E-state index in [-0.39, 0.29) is 5.78 Å². The maximum absolute atomic E-state index is 12.6. The number of hydrogen-bond acceptors (Lipinski definition) is 2. The molecule has 1 saturated carbocycles. The summed E-state index contributed by atoms with van der Waals surface area (Å²) >= 11 is 5.96. The van der Waals surface area contributed by atoms with E-state index in [4.69, 9.17) is 16.3 Å². The van der Waals surface area contributed by atoms with Crippen molar-refractivity contribution in [2.75, 3.05) is 7.11 Å². The SMILES string of the molecule is COC1(C(=O)Cc2cccc(Cl)c2)CCC(C)CC1. The number of ketones is 1. The molecule has 104 valence electrons. The second-order valence-electron chi connectivity index (χ2n) is 5.61. The molecule has 2 nitrogen and oxygen atoms in total. The molecule has 0 atom stereocenters. The lowest BCUT2D eigenvalue weighted by Crippen LogP contribution is -2.44. The lowest BCUT2D eigenvalue weighted by molar-refractivity contribution is -0.145. The molecular weight excluding hydrogens is 260 g/mol. The molecule has 19 heavy (non-hydrogen) atoms. The van der Waals surface area contributed by atoms with Crippen LogP contribution in [0.5, 0.6) is 0 Å². The zero-order chi connectivity index (χ0) is 13.9. The molecule has 3 heteroatoms. The van der Waals surface area contributed by atoms with Gasteiger partial charge in [-0.15, -0.1) is 0 Å². The number of benzene rings is 1. The molecule has 0 saturated heterocycles. The Morgan fingerprint density at radius 3 is 2.68 bits per heavy atom. The van der Waals surface area contributed by atoms with Crippen LogP contribution in [-0.2, 0) is 16.0 Å². The van der Waals surface area contributed by atoms with Crippen LogP contribution in [0, 0.1) is 5.92 Å². The minimum Gasteiger partial charge on any atom is -0.370 e. The van der Waals surface area contributed by atoms with Crippen molar-refractivity contribution in [1.82, 2.24) is 0 Å². The Kier molecular flexibility index (Phi) is 4.64. The van der Waals surface area contributed by atoms with E-state index in [0.717, 1.165) is 31.2 Å². The first-order chi connectivity index (χ1) is 9.05. The molecule has 0 aromatic heterocycles. The van der Waals surface area contributed by atoms with Gasteiger partial charge in [-0.1, -0.05) is 30.7 Å². The summed E-state index contributed by atoms with van der Waals surface area (Å²) in [5, 5.41) is 0.675. The number of ether oxygens (including phenoxy) is 1. The molecule has 0 amide bonds. The molecule has 0 heterocycles. The Morgan fingerprint density at radius 2 is 2.11 bits per heavy atom. The second kappa shape index (κ2) is 6.06. The van der Waals surface area contributed by atoms with Gasteiger partial charge in [0.1, 0.15) is 5.60 Å². The first-order valence-corrected chi connectivity index (χ1v) is 7.26. The Hall–Kier alpha value is -0.860. The van der Waals surface area contributed by atoms with Crippen LogP contribution in [0.3, 0.4) is 0 Å². The van der Waals surface area contributed by atoms with Gasteiger partial charge in [0.25, 0.3) is 0 Å². The third-order valence-corrected chi connectivity index (χ3v) is 4.47. The van der Waals surface area contributed by atoms with Crippen molar-refractivity contribution < 1.29 is 9.53 Å². The predicted octanol–water partition coefficient (Wildman–Crippen LogP) is 4.05. The van der Waals surface area contributed by atoms with Gasteiger partial charge in [0.2, 0.25) is 0 Å². The number of carbonyl (C=O) groups is 1. The van der Waals surface area contributed by atoms with Crippen LogP contribution in [0.4, 0.5) is 0 Å². The number of hydrogen-bond donors (Lipinski definition) is 0. The van der Waals surface area contributed by atoms with Gasteiger partial charge >= 0.3 is 0 Å². The van der Waals surface area contributed by atoms with E-state index in [1.165, 1.54) is 0 Å². The lowest BCUT2D eigenvalue weighted by atomic mass is 9.76. The summed E-state index contributed by atoms with van der Waals surface area (Å²) in [6.07, 6.45) is 4.21. The van der Waals surface area contributed by atoms with E-state index < -0.39 is 5.60 Å². The fraction of sp³-hybridized carbons (Fsp3) is 0.562. The first kappa shape index (κ1) is 14.5. The average Bonchev–Trinajstić information content (AvgIpc) is 2.40. The van der Waals surface area contributed by atoms with Crippen molar-refractivity contribution in [2.24, 2.45) is 5.92 Å². The molecule has 2 rings (SSSR count). The lowest BCUT2D eigenvalue weighted by Gasteiger charge is -2.37. The van der Waals surface area contributed by atoms with Crippen LogP contribution in [0.1, 0.15) is 38.2 Å². The molecule has 0 aliphatic heterocycles. The molecule has 0 unspecified atom stereocenters. The highest BCUT2D eigenvalue weighted by atomic mass is 35.5. The predicted molar refractivity (Wildman–Crippen MR) is 77.5 cm³/mol. The smallest absolute Gasteiger partial charge is 0.168 e. The van der Waals surface area contributed by atoms with E-state index in [1.807, 2.05) is 24.3 Å². The summed E-state index contributed by atoms with van der Waals surface area (Å²) in [4.78, 5) is 12.6. The highest BCUT2D eigenvalue weighted by Crippen LogP contribution is 2.35. The van der Waals surface area contributed by atoms with Gasteiger partial charge in [-0.05, 0) is 49.3 Å². The van der Waals surface area contributed by atoms with Crippen molar-refractivity contribution in [2.45, 2.75) is 44.6 Å². The van der Waals surface area contributed by atoms with Crippen molar-refractivity contribution in [3.63, 3.8) is 0 Å². The average molecular weight is 281 g/mol. The summed E-state index contributed by atoms with van der Waals surface area (Å²) in [6.45, 7) is 2.24. The van der Waals surface area contributed by atoms with E-state index >= 15 is 0 Å². The van der Waals surface area contributed by atoms with Crippen LogP contribution in [-0.4, -0.2) is 18.5 Å². The molecule has 0 radical (unpaired) electrons. The van der Waals surface area contributed by atoms with E-state index in [9.17, 15) is 4.79 Å². The Labute approximate surface area is 120 Å². The van der Waals surface area contributed by atoms with E-state index in [1.54, 1.807) is 7.11 Å². The minimum atomic E-state index is -0.575. The Balaban J connectivity index is 2.09. The normalized spacial score (nSPS) is 27.2. The molecular formula is C16H21ClO2. The summed E-state index contributed by atoms with van der Waals surface area (Å²) in [5.74, 6) is 0.881. The molecule has 0 spiro atoms. The maximum atomic E-state index is 12.6. The van der Waals surface area contributed by atoms with Crippen molar-refractivity contribution in [1.29, 1.82) is 0 Å². The van der Waals surface area contributed by atoms with Crippen molar-refractivity contribution in [3.05, 3.63) is 34.9 Å². The fourth-order valence-electron chi connectivity index (χ4n) is 2.82. The molecule has 1 aromatic carbocycles. The minimum absolute atomic E-state index is 0.184. The highest BCUT2D eigenvalue weighted by molar-refractivity contribution is 6.30. The van der Waals surface area contributed by atoms with Crippen LogP contribution < -0.4 is 0 Å². The van der Waals surface area contributed by atoms with Gasteiger partial charge in [-0.2, -0.15) is 0 Å². The zero-order valence-corrected chi connectivity index (χ0v) is 12.4. The number of Topliss-reactive ketones (excluding diaryl/α,β-unsaturated/α-hetero) is 1. The molecule has 1 aliphatic carbocycles.